The standard InChI is InChI=1S/C7H7Cl3O4/c8-3-4(9)7(5(10)6(11)12)13-1-2-14-7/h3,5H,1-2H2,(H,11,12)/b4-3+. The third kappa shape index (κ3) is 1.99. The number of hydrogen-bond donors (Lipinski definition) is 1. The van der Waals surface area contributed by atoms with Crippen molar-refractivity contribution in [1.82, 2.24) is 0 Å². The Morgan fingerprint density at radius 1 is 1.50 bits per heavy atom. The van der Waals surface area contributed by atoms with Gasteiger partial charge >= 0.3 is 5.97 Å². The van der Waals surface area contributed by atoms with E-state index in [0.717, 1.165) is 5.54 Å². The highest BCUT2D eigenvalue weighted by Crippen LogP contribution is 2.37. The fourth-order valence-corrected chi connectivity index (χ4v) is 1.74. The molecule has 4 nitrogen and oxygen atoms in total. The number of hydrogen-bond acceptors (Lipinski definition) is 3. The quantitative estimate of drug-likeness (QED) is 0.786. The smallest absolute Gasteiger partial charge is 0.327 e. The summed E-state index contributed by atoms with van der Waals surface area (Å²) in [6.07, 6.45) is 0. The molecular weight excluding hydrogens is 254 g/mol. The normalized spacial score (nSPS) is 23.5. The molecule has 0 amide bonds. The van der Waals surface area contributed by atoms with Crippen LogP contribution in [0.15, 0.2) is 10.6 Å². The zero-order valence-corrected chi connectivity index (χ0v) is 9.14. The van der Waals surface area contributed by atoms with Gasteiger partial charge < -0.3 is 14.6 Å². The molecule has 0 aromatic rings. The van der Waals surface area contributed by atoms with Crippen LogP contribution in [0.5, 0.6) is 0 Å². The summed E-state index contributed by atoms with van der Waals surface area (Å²) in [7, 11) is 0. The minimum Gasteiger partial charge on any atom is -0.480 e. The maximum absolute atomic E-state index is 10.7. The van der Waals surface area contributed by atoms with Gasteiger partial charge in [0, 0.05) is 5.54 Å². The molecule has 1 unspecified atom stereocenters. The van der Waals surface area contributed by atoms with Gasteiger partial charge in [-0.2, -0.15) is 0 Å². The lowest BCUT2D eigenvalue weighted by atomic mass is 10.2. The Morgan fingerprint density at radius 2 is 2.00 bits per heavy atom. The first-order valence-corrected chi connectivity index (χ1v) is 4.91. The number of halogens is 3. The predicted molar refractivity (Wildman–Crippen MR) is 51.7 cm³/mol. The zero-order valence-electron chi connectivity index (χ0n) is 6.87. The lowest BCUT2D eigenvalue weighted by Crippen LogP contribution is -2.45. The van der Waals surface area contributed by atoms with Crippen molar-refractivity contribution < 1.29 is 19.4 Å². The maximum atomic E-state index is 10.7. The number of carbonyl (C=O) groups is 1. The van der Waals surface area contributed by atoms with Gasteiger partial charge in [-0.25, -0.2) is 0 Å². The third-order valence-corrected chi connectivity index (χ3v) is 2.87. The number of aliphatic carboxylic acids is 1. The van der Waals surface area contributed by atoms with Crippen LogP contribution in [0.3, 0.4) is 0 Å². The molecule has 0 aromatic heterocycles. The summed E-state index contributed by atoms with van der Waals surface area (Å²) in [6, 6.07) is 0. The Labute approximate surface area is 95.3 Å². The Kier molecular flexibility index (Phi) is 4.04. The van der Waals surface area contributed by atoms with E-state index in [1.807, 2.05) is 0 Å². The molecule has 1 heterocycles. The second-order valence-electron chi connectivity index (χ2n) is 2.52. The molecule has 1 saturated heterocycles. The van der Waals surface area contributed by atoms with Crippen LogP contribution >= 0.6 is 34.8 Å². The van der Waals surface area contributed by atoms with Gasteiger partial charge in [0.1, 0.15) is 0 Å². The van der Waals surface area contributed by atoms with Crippen LogP contribution in [0.25, 0.3) is 0 Å². The molecule has 0 aliphatic carbocycles. The van der Waals surface area contributed by atoms with Crippen LogP contribution in [0.4, 0.5) is 0 Å². The highest BCUT2D eigenvalue weighted by molar-refractivity contribution is 6.39. The van der Waals surface area contributed by atoms with Crippen molar-refractivity contribution in [3.05, 3.63) is 10.6 Å². The van der Waals surface area contributed by atoms with Crippen molar-refractivity contribution in [2.45, 2.75) is 11.2 Å². The van der Waals surface area contributed by atoms with Crippen molar-refractivity contribution in [2.24, 2.45) is 0 Å². The molecule has 80 valence electrons. The Bertz CT molecular complexity index is 260. The fraction of sp³-hybridized carbons (Fsp3) is 0.571. The van der Waals surface area contributed by atoms with E-state index in [4.69, 9.17) is 49.4 Å². The van der Waals surface area contributed by atoms with Gasteiger partial charge in [-0.15, -0.1) is 11.6 Å². The van der Waals surface area contributed by atoms with E-state index in [1.165, 1.54) is 0 Å². The molecule has 1 aliphatic rings. The summed E-state index contributed by atoms with van der Waals surface area (Å²) >= 11 is 16.7. The van der Waals surface area contributed by atoms with Gasteiger partial charge in [0.2, 0.25) is 5.79 Å². The van der Waals surface area contributed by atoms with Gasteiger partial charge in [-0.3, -0.25) is 4.79 Å². The van der Waals surface area contributed by atoms with Gasteiger partial charge in [-0.05, 0) is 0 Å². The number of carboxylic acid groups (broad SMARTS) is 1. The van der Waals surface area contributed by atoms with Gasteiger partial charge in [0.05, 0.1) is 18.2 Å². The Balaban J connectivity index is 2.98. The Hall–Kier alpha value is -0.0000000000000000971. The van der Waals surface area contributed by atoms with Crippen LogP contribution in [-0.2, 0) is 14.3 Å². The van der Waals surface area contributed by atoms with Crippen LogP contribution in [0, 0.1) is 0 Å². The topological polar surface area (TPSA) is 55.8 Å². The van der Waals surface area contributed by atoms with Crippen molar-refractivity contribution >= 4 is 40.8 Å². The highest BCUT2D eigenvalue weighted by Gasteiger charge is 2.50. The van der Waals surface area contributed by atoms with E-state index in [2.05, 4.69) is 0 Å². The third-order valence-electron chi connectivity index (χ3n) is 1.70. The second-order valence-corrected chi connectivity index (χ2v) is 3.58. The highest BCUT2D eigenvalue weighted by atomic mass is 35.5. The van der Waals surface area contributed by atoms with E-state index < -0.39 is 17.1 Å². The van der Waals surface area contributed by atoms with Crippen LogP contribution in [0.1, 0.15) is 0 Å². The monoisotopic (exact) mass is 260 g/mol. The van der Waals surface area contributed by atoms with E-state index in [-0.39, 0.29) is 18.2 Å². The molecule has 0 saturated carbocycles. The molecular formula is C7H7Cl3O4. The molecule has 1 rings (SSSR count). The molecule has 1 atom stereocenters. The first-order chi connectivity index (χ1) is 6.54. The summed E-state index contributed by atoms with van der Waals surface area (Å²) in [5.74, 6) is -2.94. The number of rotatable bonds is 3. The first-order valence-electron chi connectivity index (χ1n) is 3.65. The number of ether oxygens (including phenoxy) is 2. The van der Waals surface area contributed by atoms with E-state index in [1.54, 1.807) is 0 Å². The van der Waals surface area contributed by atoms with Crippen LogP contribution in [0.2, 0.25) is 0 Å². The van der Waals surface area contributed by atoms with Crippen molar-refractivity contribution in [3.8, 4) is 0 Å². The summed E-state index contributed by atoms with van der Waals surface area (Å²) < 4.78 is 10.2. The van der Waals surface area contributed by atoms with E-state index in [0.29, 0.717) is 0 Å². The average molecular weight is 261 g/mol. The summed E-state index contributed by atoms with van der Waals surface area (Å²) in [4.78, 5) is 10.7. The fourth-order valence-electron chi connectivity index (χ4n) is 1.07. The molecule has 1 fully saturated rings. The SMILES string of the molecule is O=C(O)C(Cl)C1(/C(Cl)=C\Cl)OCCO1. The molecule has 0 radical (unpaired) electrons. The average Bonchev–Trinajstić information content (AvgIpc) is 2.65. The lowest BCUT2D eigenvalue weighted by molar-refractivity contribution is -0.159. The lowest BCUT2D eigenvalue weighted by Gasteiger charge is -2.28. The number of carboxylic acids is 1. The second kappa shape index (κ2) is 4.68. The van der Waals surface area contributed by atoms with Gasteiger partial charge in [0.25, 0.3) is 0 Å². The predicted octanol–water partition coefficient (Wildman–Crippen LogP) is 1.74. The minimum atomic E-state index is -1.66. The van der Waals surface area contributed by atoms with E-state index in [9.17, 15) is 4.79 Å². The Morgan fingerprint density at radius 3 is 2.36 bits per heavy atom. The van der Waals surface area contributed by atoms with Gasteiger partial charge in [0.15, 0.2) is 5.38 Å². The summed E-state index contributed by atoms with van der Waals surface area (Å²) in [6.45, 7) is 0.439. The minimum absolute atomic E-state index is 0.0842. The van der Waals surface area contributed by atoms with Crippen molar-refractivity contribution in [2.75, 3.05) is 13.2 Å². The molecule has 1 N–H and O–H groups in total. The van der Waals surface area contributed by atoms with Crippen LogP contribution in [-0.4, -0.2) is 35.5 Å². The molecule has 0 spiro atoms. The van der Waals surface area contributed by atoms with Crippen molar-refractivity contribution in [1.29, 1.82) is 0 Å². The summed E-state index contributed by atoms with van der Waals surface area (Å²) in [5, 5.41) is 7.21. The molecule has 1 aliphatic heterocycles. The van der Waals surface area contributed by atoms with Crippen molar-refractivity contribution in [3.63, 3.8) is 0 Å². The van der Waals surface area contributed by atoms with E-state index >= 15 is 0 Å². The molecule has 0 aromatic carbocycles. The molecule has 14 heavy (non-hydrogen) atoms. The first kappa shape index (κ1) is 12.1. The number of alkyl halides is 1. The van der Waals surface area contributed by atoms with Crippen LogP contribution < -0.4 is 0 Å². The zero-order chi connectivity index (χ0) is 10.8. The molecule has 7 heteroatoms. The summed E-state index contributed by atoms with van der Waals surface area (Å²) in [5.41, 5.74) is 0.977. The largest absolute Gasteiger partial charge is 0.480 e. The van der Waals surface area contributed by atoms with Gasteiger partial charge in [-0.1, -0.05) is 23.2 Å². The maximum Gasteiger partial charge on any atom is 0.327 e. The molecule has 0 bridgehead atoms.